The number of alkyl halides is 6. The van der Waals surface area contributed by atoms with Gasteiger partial charge in [-0.25, -0.2) is 0 Å². The minimum absolute atomic E-state index is 0.0344. The molecule has 0 amide bonds. The first-order chi connectivity index (χ1) is 15.0. The maximum absolute atomic E-state index is 12.5. The Balaban J connectivity index is 0.000000182. The van der Waals surface area contributed by atoms with Crippen LogP contribution in [0.1, 0.15) is 60.0 Å². The summed E-state index contributed by atoms with van der Waals surface area (Å²) in [6, 6.07) is 4.13. The van der Waals surface area contributed by atoms with Gasteiger partial charge in [0.15, 0.2) is 0 Å². The zero-order valence-corrected chi connectivity index (χ0v) is 16.7. The van der Waals surface area contributed by atoms with Gasteiger partial charge in [-0.1, -0.05) is 5.11 Å². The minimum Gasteiger partial charge on any atom is -0.328 e. The number of halogens is 6. The molecule has 2 aliphatic carbocycles. The predicted molar refractivity (Wildman–Crippen MR) is 103 cm³/mol. The summed E-state index contributed by atoms with van der Waals surface area (Å²) < 4.78 is 74.5. The average molecular weight is 458 g/mol. The first kappa shape index (κ1) is 23.8. The van der Waals surface area contributed by atoms with Crippen LogP contribution >= 0.6 is 0 Å². The van der Waals surface area contributed by atoms with E-state index < -0.39 is 23.5 Å². The zero-order valence-electron chi connectivity index (χ0n) is 16.7. The quantitative estimate of drug-likeness (QED) is 0.266. The SMILES string of the molecule is NC1CC(c2cc(C(F)(F)F)ccn2)C1.[N-]=[N+]=NC1CC(c2cc(C(F)(F)F)ccn2)C1. The predicted octanol–water partition coefficient (Wildman–Crippen LogP) is 5.96. The van der Waals surface area contributed by atoms with Crippen LogP contribution in [0.2, 0.25) is 0 Å². The summed E-state index contributed by atoms with van der Waals surface area (Å²) in [6.07, 6.45) is -3.66. The van der Waals surface area contributed by atoms with E-state index in [0.717, 1.165) is 37.1 Å². The molecule has 2 aromatic rings. The van der Waals surface area contributed by atoms with Crippen LogP contribution in [0.25, 0.3) is 10.4 Å². The standard InChI is InChI=1S/C10H9F3N4.C10H11F3N2/c11-10(12,13)7-1-2-15-9(5-7)6-3-8(4-6)16-17-14;11-10(12,13)7-1-2-15-9(5-7)6-3-8(14)4-6/h1-2,5-6,8H,3-4H2;1-2,5-6,8H,3-4,14H2. The Morgan fingerprint density at radius 2 is 1.28 bits per heavy atom. The van der Waals surface area contributed by atoms with Crippen molar-refractivity contribution in [1.82, 2.24) is 9.97 Å². The maximum atomic E-state index is 12.5. The highest BCUT2D eigenvalue weighted by molar-refractivity contribution is 5.24. The first-order valence-corrected chi connectivity index (χ1v) is 9.83. The molecule has 0 aliphatic heterocycles. The van der Waals surface area contributed by atoms with Gasteiger partial charge in [0, 0.05) is 52.6 Å². The molecule has 2 N–H and O–H groups in total. The Hall–Kier alpha value is -2.85. The molecule has 0 aromatic carbocycles. The van der Waals surface area contributed by atoms with Crippen LogP contribution < -0.4 is 5.73 Å². The van der Waals surface area contributed by atoms with Gasteiger partial charge < -0.3 is 5.73 Å². The Morgan fingerprint density at radius 1 is 0.844 bits per heavy atom. The van der Waals surface area contributed by atoms with Crippen LogP contribution in [0.3, 0.4) is 0 Å². The third-order valence-corrected chi connectivity index (χ3v) is 5.56. The highest BCUT2D eigenvalue weighted by Gasteiger charge is 2.35. The highest BCUT2D eigenvalue weighted by Crippen LogP contribution is 2.40. The normalized spacial score (nSPS) is 24.8. The van der Waals surface area contributed by atoms with Crippen molar-refractivity contribution >= 4 is 0 Å². The zero-order chi connectivity index (χ0) is 23.5. The number of pyridine rings is 2. The fraction of sp³-hybridized carbons (Fsp3) is 0.500. The van der Waals surface area contributed by atoms with Crippen LogP contribution in [0, 0.1) is 0 Å². The second kappa shape index (κ2) is 9.33. The fourth-order valence-electron chi connectivity index (χ4n) is 3.60. The van der Waals surface area contributed by atoms with Crippen molar-refractivity contribution in [3.63, 3.8) is 0 Å². The summed E-state index contributed by atoms with van der Waals surface area (Å²) in [5.74, 6) is 0.0649. The molecular weight excluding hydrogens is 438 g/mol. The summed E-state index contributed by atoms with van der Waals surface area (Å²) in [5.41, 5.74) is 13.4. The van der Waals surface area contributed by atoms with E-state index in [0.29, 0.717) is 24.2 Å². The van der Waals surface area contributed by atoms with Gasteiger partial charge in [0.25, 0.3) is 0 Å². The van der Waals surface area contributed by atoms with Crippen molar-refractivity contribution in [1.29, 1.82) is 0 Å². The van der Waals surface area contributed by atoms with Gasteiger partial charge in [-0.15, -0.1) is 0 Å². The lowest BCUT2D eigenvalue weighted by Gasteiger charge is -2.32. The molecule has 32 heavy (non-hydrogen) atoms. The molecule has 0 bridgehead atoms. The first-order valence-electron chi connectivity index (χ1n) is 9.83. The van der Waals surface area contributed by atoms with Crippen LogP contribution in [-0.2, 0) is 12.4 Å². The summed E-state index contributed by atoms with van der Waals surface area (Å²) in [7, 11) is 0. The Labute approximate surface area is 179 Å². The summed E-state index contributed by atoms with van der Waals surface area (Å²) >= 11 is 0. The van der Waals surface area contributed by atoms with Gasteiger partial charge in [0.2, 0.25) is 0 Å². The molecule has 12 heteroatoms. The Kier molecular flexibility index (Phi) is 6.94. The van der Waals surface area contributed by atoms with E-state index in [-0.39, 0.29) is 23.9 Å². The molecule has 0 spiro atoms. The molecular formula is C20H20F6N6. The van der Waals surface area contributed by atoms with Gasteiger partial charge in [-0.05, 0) is 55.5 Å². The molecule has 2 saturated carbocycles. The van der Waals surface area contributed by atoms with Gasteiger partial charge >= 0.3 is 12.4 Å². The van der Waals surface area contributed by atoms with E-state index in [4.69, 9.17) is 11.3 Å². The van der Waals surface area contributed by atoms with Crippen LogP contribution in [-0.4, -0.2) is 22.1 Å². The monoisotopic (exact) mass is 458 g/mol. The van der Waals surface area contributed by atoms with E-state index in [1.807, 2.05) is 0 Å². The van der Waals surface area contributed by atoms with E-state index in [1.165, 1.54) is 12.4 Å². The number of rotatable bonds is 3. The molecule has 2 heterocycles. The van der Waals surface area contributed by atoms with Gasteiger partial charge in [0.05, 0.1) is 11.1 Å². The smallest absolute Gasteiger partial charge is 0.328 e. The van der Waals surface area contributed by atoms with Crippen molar-refractivity contribution < 1.29 is 26.3 Å². The number of nitrogens with zero attached hydrogens (tertiary/aromatic N) is 5. The Bertz CT molecular complexity index is 973. The lowest BCUT2D eigenvalue weighted by Crippen LogP contribution is -2.35. The number of azide groups is 1. The molecule has 172 valence electrons. The molecule has 0 saturated heterocycles. The van der Waals surface area contributed by atoms with Gasteiger partial charge in [0.1, 0.15) is 0 Å². The highest BCUT2D eigenvalue weighted by atomic mass is 19.4. The van der Waals surface area contributed by atoms with Crippen molar-refractivity contribution in [3.05, 3.63) is 69.6 Å². The third kappa shape index (κ3) is 5.89. The fourth-order valence-corrected chi connectivity index (χ4v) is 3.60. The van der Waals surface area contributed by atoms with Gasteiger partial charge in [-0.3, -0.25) is 9.97 Å². The summed E-state index contributed by atoms with van der Waals surface area (Å²) in [6.45, 7) is 0. The molecule has 2 aromatic heterocycles. The largest absolute Gasteiger partial charge is 0.416 e. The Morgan fingerprint density at radius 3 is 1.66 bits per heavy atom. The number of hydrogen-bond acceptors (Lipinski definition) is 4. The number of hydrogen-bond donors (Lipinski definition) is 1. The molecule has 4 rings (SSSR count). The minimum atomic E-state index is -4.34. The van der Waals surface area contributed by atoms with Crippen LogP contribution in [0.4, 0.5) is 26.3 Å². The third-order valence-electron chi connectivity index (χ3n) is 5.56. The van der Waals surface area contributed by atoms with Crippen molar-refractivity contribution in [2.75, 3.05) is 0 Å². The lowest BCUT2D eigenvalue weighted by atomic mass is 9.78. The number of aromatic nitrogens is 2. The van der Waals surface area contributed by atoms with Crippen LogP contribution in [0.5, 0.6) is 0 Å². The lowest BCUT2D eigenvalue weighted by molar-refractivity contribution is -0.138. The second-order valence-corrected chi connectivity index (χ2v) is 7.89. The van der Waals surface area contributed by atoms with E-state index >= 15 is 0 Å². The van der Waals surface area contributed by atoms with E-state index in [9.17, 15) is 26.3 Å². The van der Waals surface area contributed by atoms with E-state index in [2.05, 4.69) is 20.0 Å². The summed E-state index contributed by atoms with van der Waals surface area (Å²) in [4.78, 5) is 10.6. The average Bonchev–Trinajstić information content (AvgIpc) is 2.67. The molecule has 6 nitrogen and oxygen atoms in total. The van der Waals surface area contributed by atoms with Crippen molar-refractivity contribution in [3.8, 4) is 0 Å². The second-order valence-electron chi connectivity index (χ2n) is 7.89. The van der Waals surface area contributed by atoms with Crippen molar-refractivity contribution in [2.24, 2.45) is 10.8 Å². The van der Waals surface area contributed by atoms with Crippen molar-refractivity contribution in [2.45, 2.75) is 62.0 Å². The summed E-state index contributed by atoms with van der Waals surface area (Å²) in [5, 5.41) is 3.51. The van der Waals surface area contributed by atoms with Crippen LogP contribution in [0.15, 0.2) is 41.8 Å². The molecule has 0 atom stereocenters. The molecule has 2 aliphatic rings. The molecule has 0 unspecified atom stereocenters. The van der Waals surface area contributed by atoms with Gasteiger partial charge in [-0.2, -0.15) is 26.3 Å². The van der Waals surface area contributed by atoms with E-state index in [1.54, 1.807) is 0 Å². The topological polar surface area (TPSA) is 101 Å². The molecule has 0 radical (unpaired) electrons. The number of nitrogens with two attached hydrogens (primary N) is 1. The maximum Gasteiger partial charge on any atom is 0.416 e. The molecule has 2 fully saturated rings.